The molecule has 1 atom stereocenters. The van der Waals surface area contributed by atoms with Crippen LogP contribution in [0.1, 0.15) is 108 Å². The fourth-order valence-corrected chi connectivity index (χ4v) is 4.19. The number of nitrogens with one attached hydrogen (secondary N) is 3. The minimum atomic E-state index is -0.715. The van der Waals surface area contributed by atoms with Crippen molar-refractivity contribution >= 4 is 11.8 Å². The highest BCUT2D eigenvalue weighted by atomic mass is 19.1. The van der Waals surface area contributed by atoms with Crippen molar-refractivity contribution in [3.63, 3.8) is 0 Å². The van der Waals surface area contributed by atoms with Crippen molar-refractivity contribution in [1.29, 1.82) is 0 Å². The normalized spacial score (nSPS) is 12.9. The van der Waals surface area contributed by atoms with Crippen molar-refractivity contribution in [2.45, 2.75) is 113 Å². The molecule has 7 nitrogen and oxygen atoms in total. The van der Waals surface area contributed by atoms with Crippen molar-refractivity contribution in [1.82, 2.24) is 25.5 Å². The number of aryl methyl sites for hydroxylation is 1. The van der Waals surface area contributed by atoms with E-state index in [2.05, 4.69) is 45.9 Å². The van der Waals surface area contributed by atoms with E-state index in [4.69, 9.17) is 0 Å². The molecule has 1 saturated heterocycles. The number of carbonyl (C=O) groups is 2. The van der Waals surface area contributed by atoms with Crippen LogP contribution in [0.15, 0.2) is 36.7 Å². The Hall–Kier alpha value is -3.16. The van der Waals surface area contributed by atoms with Gasteiger partial charge in [-0.25, -0.2) is 9.37 Å². The van der Waals surface area contributed by atoms with Gasteiger partial charge in [-0.3, -0.25) is 9.59 Å². The van der Waals surface area contributed by atoms with Crippen molar-refractivity contribution in [2.75, 3.05) is 13.1 Å². The van der Waals surface area contributed by atoms with Crippen LogP contribution in [0, 0.1) is 18.7 Å². The van der Waals surface area contributed by atoms with E-state index >= 15 is 0 Å². The van der Waals surface area contributed by atoms with Gasteiger partial charge in [-0.1, -0.05) is 68.0 Å². The number of piperidine rings is 1. The first kappa shape index (κ1) is 37.8. The van der Waals surface area contributed by atoms with Crippen LogP contribution < -0.4 is 10.6 Å². The Balaban J connectivity index is -0.00000188. The summed E-state index contributed by atoms with van der Waals surface area (Å²) in [6.45, 7) is 24.2. The second-order valence-electron chi connectivity index (χ2n) is 9.82. The standard InChI is InChI=1S/C27H38FN5O2.3C2H6.2H2/c1-18(2)8-11-26(34)32-23(15-20(4)33-12-6-5-7-13-33)27(35)30-17-25-29-16-24(31-25)21-10-9-19(3)14-22(21)28;3*1-2;;/h9-10,14,16,18,23H,4-8,11-13,15,17H2,1-3H3,(H,29,31)(H,30,35)(H,32,34);3*1-2H3;2*1H/t23-;;;;;/m0...../s1. The average Bonchev–Trinajstić information content (AvgIpc) is 3.46. The van der Waals surface area contributed by atoms with E-state index in [1.807, 2.05) is 54.5 Å². The minimum Gasteiger partial charge on any atom is -0.375 e. The van der Waals surface area contributed by atoms with Gasteiger partial charge in [0.25, 0.3) is 0 Å². The third-order valence-corrected chi connectivity index (χ3v) is 6.32. The topological polar surface area (TPSA) is 90.1 Å². The fourth-order valence-electron chi connectivity index (χ4n) is 4.19. The van der Waals surface area contributed by atoms with E-state index in [0.29, 0.717) is 35.8 Å². The predicted molar refractivity (Wildman–Crippen MR) is 174 cm³/mol. The summed E-state index contributed by atoms with van der Waals surface area (Å²) < 4.78 is 14.3. The molecular weight excluding hydrogens is 517 g/mol. The number of H-pyrrole nitrogens is 1. The van der Waals surface area contributed by atoms with Gasteiger partial charge in [0.1, 0.15) is 17.7 Å². The number of rotatable bonds is 11. The van der Waals surface area contributed by atoms with Gasteiger partial charge in [0.05, 0.1) is 18.4 Å². The maximum absolute atomic E-state index is 14.3. The summed E-state index contributed by atoms with van der Waals surface area (Å²) in [6, 6.07) is 4.30. The van der Waals surface area contributed by atoms with Gasteiger partial charge in [0.15, 0.2) is 0 Å². The maximum Gasteiger partial charge on any atom is 0.243 e. The quantitative estimate of drug-likeness (QED) is 0.252. The number of hydrogen-bond donors (Lipinski definition) is 3. The number of aromatic nitrogens is 2. The molecule has 1 aromatic heterocycles. The summed E-state index contributed by atoms with van der Waals surface area (Å²) in [7, 11) is 0. The minimum absolute atomic E-state index is 0. The van der Waals surface area contributed by atoms with E-state index in [9.17, 15) is 14.0 Å². The highest BCUT2D eigenvalue weighted by Crippen LogP contribution is 2.22. The van der Waals surface area contributed by atoms with Gasteiger partial charge in [-0.15, -0.1) is 0 Å². The summed E-state index contributed by atoms with van der Waals surface area (Å²) in [5, 5.41) is 5.77. The molecule has 0 radical (unpaired) electrons. The number of likely N-dealkylation sites (tertiary alicyclic amines) is 1. The average molecular weight is 578 g/mol. The molecule has 41 heavy (non-hydrogen) atoms. The third-order valence-electron chi connectivity index (χ3n) is 6.32. The van der Waals surface area contributed by atoms with E-state index in [1.54, 1.807) is 12.3 Å². The van der Waals surface area contributed by atoms with E-state index in [-0.39, 0.29) is 27.0 Å². The summed E-state index contributed by atoms with van der Waals surface area (Å²) in [5.74, 6) is 0.154. The lowest BCUT2D eigenvalue weighted by atomic mass is 10.1. The Morgan fingerprint density at radius 3 is 2.32 bits per heavy atom. The number of halogens is 1. The monoisotopic (exact) mass is 577 g/mol. The number of aromatic amines is 1. The molecule has 8 heteroatoms. The fraction of sp³-hybridized carbons (Fsp3) is 0.606. The number of amides is 2. The summed E-state index contributed by atoms with van der Waals surface area (Å²) >= 11 is 0. The van der Waals surface area contributed by atoms with E-state index < -0.39 is 6.04 Å². The smallest absolute Gasteiger partial charge is 0.243 e. The van der Waals surface area contributed by atoms with Crippen molar-refractivity contribution in [2.24, 2.45) is 5.92 Å². The zero-order valence-electron chi connectivity index (χ0n) is 27.1. The molecule has 1 aromatic carbocycles. The number of benzene rings is 1. The predicted octanol–water partition coefficient (Wildman–Crippen LogP) is 8.02. The number of hydrogen-bond acceptors (Lipinski definition) is 4. The Bertz CT molecular complexity index is 1040. The highest BCUT2D eigenvalue weighted by molar-refractivity contribution is 5.87. The van der Waals surface area contributed by atoms with E-state index in [0.717, 1.165) is 43.6 Å². The molecule has 0 unspecified atom stereocenters. The molecule has 0 spiro atoms. The van der Waals surface area contributed by atoms with Crippen LogP contribution in [0.2, 0.25) is 0 Å². The van der Waals surface area contributed by atoms with Crippen LogP contribution >= 0.6 is 0 Å². The lowest BCUT2D eigenvalue weighted by Gasteiger charge is -2.32. The van der Waals surface area contributed by atoms with Crippen LogP contribution in [0.4, 0.5) is 4.39 Å². The van der Waals surface area contributed by atoms with Gasteiger partial charge in [0, 0.05) is 40.0 Å². The largest absolute Gasteiger partial charge is 0.375 e. The summed E-state index contributed by atoms with van der Waals surface area (Å²) in [6.07, 6.45) is 6.48. The van der Waals surface area contributed by atoms with Crippen LogP contribution in [0.3, 0.4) is 0 Å². The Morgan fingerprint density at radius 2 is 1.73 bits per heavy atom. The molecular formula is C33H60FN5O2. The van der Waals surface area contributed by atoms with Crippen molar-refractivity contribution < 1.29 is 16.8 Å². The first-order valence-corrected chi connectivity index (χ1v) is 15.5. The third kappa shape index (κ3) is 13.8. The second-order valence-corrected chi connectivity index (χ2v) is 9.82. The molecule has 2 heterocycles. The van der Waals surface area contributed by atoms with Crippen molar-refractivity contribution in [3.8, 4) is 11.3 Å². The molecule has 3 rings (SSSR count). The van der Waals surface area contributed by atoms with Gasteiger partial charge in [-0.2, -0.15) is 0 Å². The van der Waals surface area contributed by atoms with Crippen LogP contribution in [0.25, 0.3) is 11.3 Å². The van der Waals surface area contributed by atoms with Crippen LogP contribution in [-0.4, -0.2) is 45.8 Å². The van der Waals surface area contributed by atoms with Crippen LogP contribution in [-0.2, 0) is 16.1 Å². The lowest BCUT2D eigenvalue weighted by Crippen LogP contribution is -2.48. The molecule has 2 amide bonds. The van der Waals surface area contributed by atoms with Gasteiger partial charge in [-0.05, 0) is 56.2 Å². The molecule has 236 valence electrons. The van der Waals surface area contributed by atoms with Crippen LogP contribution in [0.5, 0.6) is 0 Å². The lowest BCUT2D eigenvalue weighted by molar-refractivity contribution is -0.129. The van der Waals surface area contributed by atoms with Crippen molar-refractivity contribution in [3.05, 3.63) is 53.9 Å². The summed E-state index contributed by atoms with van der Waals surface area (Å²) in [4.78, 5) is 35.2. The van der Waals surface area contributed by atoms with Gasteiger partial charge >= 0.3 is 0 Å². The number of carbonyl (C=O) groups excluding carboxylic acids is 2. The molecule has 0 aliphatic carbocycles. The molecule has 1 fully saturated rings. The maximum atomic E-state index is 14.3. The second kappa shape index (κ2) is 21.6. The zero-order valence-corrected chi connectivity index (χ0v) is 27.1. The molecule has 1 aliphatic heterocycles. The number of imidazole rings is 1. The molecule has 0 bridgehead atoms. The first-order chi connectivity index (χ1) is 19.7. The van der Waals surface area contributed by atoms with E-state index in [1.165, 1.54) is 12.5 Å². The summed E-state index contributed by atoms with van der Waals surface area (Å²) in [5.41, 5.74) is 2.67. The van der Waals surface area contributed by atoms with Gasteiger partial charge < -0.3 is 20.5 Å². The zero-order chi connectivity index (χ0) is 31.4. The highest BCUT2D eigenvalue weighted by Gasteiger charge is 2.24. The number of nitrogens with zero attached hydrogens (tertiary/aromatic N) is 2. The Labute approximate surface area is 251 Å². The molecule has 0 saturated carbocycles. The molecule has 3 N–H and O–H groups in total. The SMILES string of the molecule is C=C(C[C@H](NC(=O)CCC(C)C)C(=O)NCc1ncc(-c2ccc(C)cc2F)[nH]1)N1CCCCC1.CC.CC.CC.[HH].[HH]. The Kier molecular flexibility index (Phi) is 19.9. The molecule has 1 aliphatic rings. The first-order valence-electron chi connectivity index (χ1n) is 15.5. The van der Waals surface area contributed by atoms with Gasteiger partial charge in [0.2, 0.25) is 11.8 Å². The Morgan fingerprint density at radius 1 is 1.10 bits per heavy atom. The molecule has 2 aromatic rings.